The molecule has 3 heteroatoms. The molecule has 0 bridgehead atoms. The maximum Gasteiger partial charge on any atom is 0.0105 e. The van der Waals surface area contributed by atoms with Crippen LogP contribution >= 0.6 is 0 Å². The van der Waals surface area contributed by atoms with Gasteiger partial charge in [0, 0.05) is 26.2 Å². The highest BCUT2D eigenvalue weighted by Crippen LogP contribution is 2.11. The first-order chi connectivity index (χ1) is 11.3. The Morgan fingerprint density at radius 2 is 1.09 bits per heavy atom. The second kappa shape index (κ2) is 19.7. The van der Waals surface area contributed by atoms with Crippen molar-refractivity contribution in [3.8, 4) is 0 Å². The molecule has 0 radical (unpaired) electrons. The number of nitrogens with two attached hydrogens (primary N) is 2. The predicted octanol–water partition coefficient (Wildman–Crippen LogP) is 4.46. The van der Waals surface area contributed by atoms with Gasteiger partial charge in [0.25, 0.3) is 0 Å². The molecular weight excluding hydrogens is 282 g/mol. The zero-order chi connectivity index (χ0) is 17.0. The van der Waals surface area contributed by atoms with Crippen LogP contribution in [0, 0.1) is 0 Å². The fourth-order valence-corrected chi connectivity index (χ4v) is 3.00. The SMILES string of the molecule is CC/C=C/CCCCCCCCCCCCN(CCN)CCN. The average Bonchev–Trinajstić information content (AvgIpc) is 2.55. The maximum atomic E-state index is 5.62. The minimum atomic E-state index is 0.745. The Morgan fingerprint density at radius 1 is 0.609 bits per heavy atom. The first-order valence-corrected chi connectivity index (χ1v) is 10.1. The molecular formula is C20H43N3. The van der Waals surface area contributed by atoms with Crippen LogP contribution in [0.25, 0.3) is 0 Å². The standard InChI is InChI=1S/C20H43N3/c1-2-3-4-5-6-7-8-9-10-11-12-13-14-15-18-23(19-16-21)20-17-22/h3-4H,2,5-22H2,1H3/b4-3+. The molecule has 0 heterocycles. The molecule has 0 saturated carbocycles. The van der Waals surface area contributed by atoms with Gasteiger partial charge >= 0.3 is 0 Å². The van der Waals surface area contributed by atoms with Crippen LogP contribution in [0.3, 0.4) is 0 Å². The van der Waals surface area contributed by atoms with Crippen molar-refractivity contribution < 1.29 is 0 Å². The summed E-state index contributed by atoms with van der Waals surface area (Å²) in [4.78, 5) is 2.40. The summed E-state index contributed by atoms with van der Waals surface area (Å²) in [5.74, 6) is 0. The highest BCUT2D eigenvalue weighted by Gasteiger charge is 2.01. The quantitative estimate of drug-likeness (QED) is 0.289. The molecule has 0 unspecified atom stereocenters. The smallest absolute Gasteiger partial charge is 0.0105 e. The lowest BCUT2D eigenvalue weighted by Gasteiger charge is -2.20. The summed E-state index contributed by atoms with van der Waals surface area (Å²) in [7, 11) is 0. The Kier molecular flexibility index (Phi) is 19.3. The highest BCUT2D eigenvalue weighted by atomic mass is 15.1. The van der Waals surface area contributed by atoms with Crippen molar-refractivity contribution >= 4 is 0 Å². The zero-order valence-corrected chi connectivity index (χ0v) is 15.8. The highest BCUT2D eigenvalue weighted by molar-refractivity contribution is 4.79. The summed E-state index contributed by atoms with van der Waals surface area (Å²) in [6, 6.07) is 0. The van der Waals surface area contributed by atoms with E-state index in [9.17, 15) is 0 Å². The second-order valence-corrected chi connectivity index (χ2v) is 6.62. The molecule has 3 nitrogen and oxygen atoms in total. The summed E-state index contributed by atoms with van der Waals surface area (Å²) in [5.41, 5.74) is 11.2. The monoisotopic (exact) mass is 325 g/mol. The van der Waals surface area contributed by atoms with Crippen molar-refractivity contribution in [1.29, 1.82) is 0 Å². The zero-order valence-electron chi connectivity index (χ0n) is 15.8. The first kappa shape index (κ1) is 22.6. The Balaban J connectivity index is 3.19. The molecule has 0 aromatic rings. The maximum absolute atomic E-state index is 5.62. The van der Waals surface area contributed by atoms with Gasteiger partial charge in [-0.05, 0) is 32.2 Å². The van der Waals surface area contributed by atoms with E-state index >= 15 is 0 Å². The van der Waals surface area contributed by atoms with E-state index in [0.717, 1.165) is 26.2 Å². The van der Waals surface area contributed by atoms with Crippen molar-refractivity contribution in [3.05, 3.63) is 12.2 Å². The summed E-state index contributed by atoms with van der Waals surface area (Å²) in [5, 5.41) is 0. The van der Waals surface area contributed by atoms with Gasteiger partial charge in [-0.3, -0.25) is 0 Å². The molecule has 4 N–H and O–H groups in total. The summed E-state index contributed by atoms with van der Waals surface area (Å²) >= 11 is 0. The minimum absolute atomic E-state index is 0.745. The third kappa shape index (κ3) is 17.8. The molecule has 0 atom stereocenters. The number of hydrogen-bond acceptors (Lipinski definition) is 3. The Bertz CT molecular complexity index is 235. The molecule has 23 heavy (non-hydrogen) atoms. The lowest BCUT2D eigenvalue weighted by atomic mass is 10.1. The second-order valence-electron chi connectivity index (χ2n) is 6.62. The van der Waals surface area contributed by atoms with Crippen LogP contribution in [0.2, 0.25) is 0 Å². The molecule has 0 spiro atoms. The topological polar surface area (TPSA) is 55.3 Å². The van der Waals surface area contributed by atoms with Crippen LogP contribution in [-0.2, 0) is 0 Å². The molecule has 0 rings (SSSR count). The summed E-state index contributed by atoms with van der Waals surface area (Å²) in [6.45, 7) is 6.84. The lowest BCUT2D eigenvalue weighted by Crippen LogP contribution is -2.34. The van der Waals surface area contributed by atoms with Gasteiger partial charge in [-0.25, -0.2) is 0 Å². The molecule has 0 fully saturated rings. The molecule has 0 aliphatic heterocycles. The van der Waals surface area contributed by atoms with Gasteiger partial charge in [-0.1, -0.05) is 70.4 Å². The van der Waals surface area contributed by atoms with Crippen LogP contribution in [-0.4, -0.2) is 37.6 Å². The van der Waals surface area contributed by atoms with E-state index in [1.165, 1.54) is 83.6 Å². The molecule has 0 aliphatic carbocycles. The third-order valence-corrected chi connectivity index (χ3v) is 4.39. The molecule has 0 aliphatic rings. The van der Waals surface area contributed by atoms with Crippen molar-refractivity contribution in [1.82, 2.24) is 4.90 Å². The summed E-state index contributed by atoms with van der Waals surface area (Å²) < 4.78 is 0. The first-order valence-electron chi connectivity index (χ1n) is 10.1. The normalized spacial score (nSPS) is 11.8. The number of allylic oxidation sites excluding steroid dienone is 2. The number of rotatable bonds is 18. The number of nitrogens with zero attached hydrogens (tertiary/aromatic N) is 1. The van der Waals surface area contributed by atoms with Crippen LogP contribution in [0.15, 0.2) is 12.2 Å². The van der Waals surface area contributed by atoms with Gasteiger partial charge in [0.05, 0.1) is 0 Å². The largest absolute Gasteiger partial charge is 0.329 e. The van der Waals surface area contributed by atoms with E-state index in [1.54, 1.807) is 0 Å². The van der Waals surface area contributed by atoms with E-state index in [1.807, 2.05) is 0 Å². The van der Waals surface area contributed by atoms with E-state index in [2.05, 4.69) is 24.0 Å². The van der Waals surface area contributed by atoms with Crippen LogP contribution in [0.4, 0.5) is 0 Å². The molecule has 0 aromatic heterocycles. The van der Waals surface area contributed by atoms with Gasteiger partial charge in [-0.15, -0.1) is 0 Å². The van der Waals surface area contributed by atoms with Gasteiger partial charge in [0.1, 0.15) is 0 Å². The summed E-state index contributed by atoms with van der Waals surface area (Å²) in [6.07, 6.45) is 21.0. The van der Waals surface area contributed by atoms with Crippen LogP contribution in [0.1, 0.15) is 84.0 Å². The van der Waals surface area contributed by atoms with Crippen molar-refractivity contribution in [2.75, 3.05) is 32.7 Å². The fraction of sp³-hybridized carbons (Fsp3) is 0.900. The lowest BCUT2D eigenvalue weighted by molar-refractivity contribution is 0.281. The van der Waals surface area contributed by atoms with Crippen molar-refractivity contribution in [2.45, 2.75) is 84.0 Å². The minimum Gasteiger partial charge on any atom is -0.329 e. The van der Waals surface area contributed by atoms with Gasteiger partial charge in [0.2, 0.25) is 0 Å². The Labute approximate surface area is 145 Å². The van der Waals surface area contributed by atoms with E-state index < -0.39 is 0 Å². The van der Waals surface area contributed by atoms with Gasteiger partial charge < -0.3 is 16.4 Å². The van der Waals surface area contributed by atoms with Crippen molar-refractivity contribution in [2.24, 2.45) is 11.5 Å². The van der Waals surface area contributed by atoms with Gasteiger partial charge in [0.15, 0.2) is 0 Å². The average molecular weight is 326 g/mol. The number of unbranched alkanes of at least 4 members (excludes halogenated alkanes) is 10. The van der Waals surface area contributed by atoms with E-state index in [-0.39, 0.29) is 0 Å². The van der Waals surface area contributed by atoms with Crippen molar-refractivity contribution in [3.63, 3.8) is 0 Å². The number of hydrogen-bond donors (Lipinski definition) is 2. The van der Waals surface area contributed by atoms with E-state index in [4.69, 9.17) is 11.5 Å². The van der Waals surface area contributed by atoms with Gasteiger partial charge in [-0.2, -0.15) is 0 Å². The van der Waals surface area contributed by atoms with E-state index in [0.29, 0.717) is 0 Å². The molecule has 138 valence electrons. The predicted molar refractivity (Wildman–Crippen MR) is 105 cm³/mol. The Morgan fingerprint density at radius 3 is 1.57 bits per heavy atom. The Hall–Kier alpha value is -0.380. The molecule has 0 saturated heterocycles. The van der Waals surface area contributed by atoms with Crippen LogP contribution < -0.4 is 11.5 Å². The third-order valence-electron chi connectivity index (χ3n) is 4.39. The van der Waals surface area contributed by atoms with Crippen LogP contribution in [0.5, 0.6) is 0 Å². The fourth-order valence-electron chi connectivity index (χ4n) is 3.00. The molecule has 0 amide bonds. The molecule has 0 aromatic carbocycles.